The Morgan fingerprint density at radius 1 is 1.45 bits per heavy atom. The Bertz CT molecular complexity index is 643. The number of hydrogen-bond donors (Lipinski definition) is 2. The Labute approximate surface area is 115 Å². The van der Waals surface area contributed by atoms with E-state index in [9.17, 15) is 22.9 Å². The first kappa shape index (κ1) is 14.8. The molecule has 1 aromatic carbocycles. The molecule has 7 nitrogen and oxygen atoms in total. The van der Waals surface area contributed by atoms with Gasteiger partial charge in [-0.3, -0.25) is 10.1 Å². The first-order valence-corrected chi connectivity index (χ1v) is 7.44. The van der Waals surface area contributed by atoms with Gasteiger partial charge in [-0.15, -0.1) is 0 Å². The first-order chi connectivity index (χ1) is 9.23. The molecule has 0 unspecified atom stereocenters. The van der Waals surface area contributed by atoms with Gasteiger partial charge in [-0.05, 0) is 31.4 Å². The number of nitrogens with zero attached hydrogens (tertiary/aromatic N) is 1. The van der Waals surface area contributed by atoms with Crippen molar-refractivity contribution < 1.29 is 17.7 Å². The number of halogens is 1. The molecule has 9 heteroatoms. The van der Waals surface area contributed by atoms with Gasteiger partial charge in [-0.25, -0.2) is 13.1 Å². The van der Waals surface area contributed by atoms with Gasteiger partial charge in [-0.1, -0.05) is 0 Å². The molecule has 0 radical (unpaired) electrons. The molecule has 3 N–H and O–H groups in total. The maximum Gasteiger partial charge on any atom is 0.306 e. The van der Waals surface area contributed by atoms with E-state index in [1.807, 2.05) is 0 Å². The molecule has 1 aliphatic rings. The van der Waals surface area contributed by atoms with E-state index in [4.69, 9.17) is 5.73 Å². The summed E-state index contributed by atoms with van der Waals surface area (Å²) in [4.78, 5) is 9.28. The van der Waals surface area contributed by atoms with Gasteiger partial charge in [0.1, 0.15) is 0 Å². The van der Waals surface area contributed by atoms with Crippen LogP contribution in [0, 0.1) is 15.9 Å². The van der Waals surface area contributed by atoms with E-state index >= 15 is 0 Å². The quantitative estimate of drug-likeness (QED) is 0.619. The zero-order valence-electron chi connectivity index (χ0n) is 10.5. The van der Waals surface area contributed by atoms with Gasteiger partial charge in [-0.2, -0.15) is 4.39 Å². The zero-order chi connectivity index (χ0) is 15.0. The van der Waals surface area contributed by atoms with Gasteiger partial charge in [0, 0.05) is 18.2 Å². The van der Waals surface area contributed by atoms with Crippen molar-refractivity contribution in [2.24, 2.45) is 5.73 Å². The van der Waals surface area contributed by atoms with E-state index in [0.717, 1.165) is 31.4 Å². The summed E-state index contributed by atoms with van der Waals surface area (Å²) in [7, 11) is -3.94. The summed E-state index contributed by atoms with van der Waals surface area (Å²) in [5.41, 5.74) is 4.46. The molecule has 110 valence electrons. The molecule has 0 amide bonds. The van der Waals surface area contributed by atoms with Crippen LogP contribution in [-0.4, -0.2) is 25.4 Å². The van der Waals surface area contributed by atoms with Crippen molar-refractivity contribution in [3.05, 3.63) is 34.1 Å². The number of benzene rings is 1. The molecule has 20 heavy (non-hydrogen) atoms. The van der Waals surface area contributed by atoms with Crippen molar-refractivity contribution in [1.29, 1.82) is 0 Å². The lowest BCUT2D eigenvalue weighted by Crippen LogP contribution is -2.54. The van der Waals surface area contributed by atoms with Gasteiger partial charge in [0.2, 0.25) is 15.8 Å². The van der Waals surface area contributed by atoms with Crippen LogP contribution in [0.5, 0.6) is 0 Å². The maximum atomic E-state index is 13.2. The minimum Gasteiger partial charge on any atom is -0.324 e. The smallest absolute Gasteiger partial charge is 0.306 e. The molecule has 2 rings (SSSR count). The molecule has 0 atom stereocenters. The standard InChI is InChI=1S/C11H14FN3O4S/c12-9-3-2-8(6-10(9)15(16)17)20(18,19)14-7-11(13)4-1-5-11/h2-3,6,14H,1,4-5,7,13H2. The highest BCUT2D eigenvalue weighted by molar-refractivity contribution is 7.89. The molecule has 1 saturated carbocycles. The van der Waals surface area contributed by atoms with E-state index < -0.39 is 32.0 Å². The minimum absolute atomic E-state index is 0.0561. The monoisotopic (exact) mass is 303 g/mol. The molecule has 0 aliphatic heterocycles. The topological polar surface area (TPSA) is 115 Å². The zero-order valence-corrected chi connectivity index (χ0v) is 11.3. The predicted octanol–water partition coefficient (Wildman–Crippen LogP) is 0.894. The van der Waals surface area contributed by atoms with E-state index in [1.165, 1.54) is 0 Å². The molecule has 0 aromatic heterocycles. The van der Waals surface area contributed by atoms with Crippen LogP contribution in [0.2, 0.25) is 0 Å². The van der Waals surface area contributed by atoms with Gasteiger partial charge >= 0.3 is 5.69 Å². The Balaban J connectivity index is 2.21. The van der Waals surface area contributed by atoms with Crippen LogP contribution < -0.4 is 10.5 Å². The summed E-state index contributed by atoms with van der Waals surface area (Å²) >= 11 is 0. The lowest BCUT2D eigenvalue weighted by Gasteiger charge is -2.37. The van der Waals surface area contributed by atoms with Crippen LogP contribution in [0.3, 0.4) is 0 Å². The minimum atomic E-state index is -3.94. The number of rotatable bonds is 5. The van der Waals surface area contributed by atoms with Crippen LogP contribution in [0.4, 0.5) is 10.1 Å². The second-order valence-electron chi connectivity index (χ2n) is 4.91. The second-order valence-corrected chi connectivity index (χ2v) is 6.68. The molecule has 1 aliphatic carbocycles. The molecule has 0 bridgehead atoms. The average Bonchev–Trinajstić information content (AvgIpc) is 2.34. The van der Waals surface area contributed by atoms with Crippen molar-refractivity contribution in [3.8, 4) is 0 Å². The maximum absolute atomic E-state index is 13.2. The highest BCUT2D eigenvalue weighted by Gasteiger charge is 2.34. The van der Waals surface area contributed by atoms with Crippen molar-refractivity contribution in [2.75, 3.05) is 6.54 Å². The SMILES string of the molecule is NC1(CNS(=O)(=O)c2ccc(F)c([N+](=O)[O-])c2)CCC1. The molecular weight excluding hydrogens is 289 g/mol. The summed E-state index contributed by atoms with van der Waals surface area (Å²) < 4.78 is 39.5. The van der Waals surface area contributed by atoms with Crippen LogP contribution in [0.15, 0.2) is 23.1 Å². The second kappa shape index (κ2) is 5.08. The Morgan fingerprint density at radius 3 is 2.60 bits per heavy atom. The highest BCUT2D eigenvalue weighted by atomic mass is 32.2. The van der Waals surface area contributed by atoms with Gasteiger partial charge in [0.25, 0.3) is 0 Å². The summed E-state index contributed by atoms with van der Waals surface area (Å²) in [6.45, 7) is 0.0561. The molecular formula is C11H14FN3O4S. The Morgan fingerprint density at radius 2 is 2.10 bits per heavy atom. The van der Waals surface area contributed by atoms with Gasteiger partial charge in [0.15, 0.2) is 0 Å². The summed E-state index contributed by atoms with van der Waals surface area (Å²) in [5.74, 6) is -1.08. The third-order valence-corrected chi connectivity index (χ3v) is 4.79. The normalized spacial score (nSPS) is 17.5. The number of nitro benzene ring substituents is 1. The number of nitrogens with two attached hydrogens (primary N) is 1. The number of sulfonamides is 1. The Hall–Kier alpha value is -1.58. The van der Waals surface area contributed by atoms with Crippen LogP contribution >= 0.6 is 0 Å². The fourth-order valence-corrected chi connectivity index (χ4v) is 3.09. The van der Waals surface area contributed by atoms with Crippen LogP contribution in [-0.2, 0) is 10.0 Å². The molecule has 0 heterocycles. The summed E-state index contributed by atoms with van der Waals surface area (Å²) in [5, 5.41) is 10.6. The molecule has 0 spiro atoms. The number of hydrogen-bond acceptors (Lipinski definition) is 5. The van der Waals surface area contributed by atoms with Gasteiger partial charge < -0.3 is 5.73 Å². The van der Waals surface area contributed by atoms with Crippen LogP contribution in [0.25, 0.3) is 0 Å². The lowest BCUT2D eigenvalue weighted by molar-refractivity contribution is -0.387. The fraction of sp³-hybridized carbons (Fsp3) is 0.455. The van der Waals surface area contributed by atoms with Gasteiger partial charge in [0.05, 0.1) is 9.82 Å². The summed E-state index contributed by atoms with van der Waals surface area (Å²) in [6.07, 6.45) is 2.39. The van der Waals surface area contributed by atoms with Crippen molar-refractivity contribution in [2.45, 2.75) is 29.7 Å². The summed E-state index contributed by atoms with van der Waals surface area (Å²) in [6, 6.07) is 2.44. The molecule has 0 saturated heterocycles. The van der Waals surface area contributed by atoms with E-state index in [0.29, 0.717) is 6.07 Å². The first-order valence-electron chi connectivity index (χ1n) is 5.96. The van der Waals surface area contributed by atoms with Crippen molar-refractivity contribution >= 4 is 15.7 Å². The number of nitro groups is 1. The van der Waals surface area contributed by atoms with Crippen molar-refractivity contribution in [1.82, 2.24) is 4.72 Å². The third kappa shape index (κ3) is 2.94. The van der Waals surface area contributed by atoms with E-state index in [2.05, 4.69) is 4.72 Å². The number of nitrogens with one attached hydrogen (secondary N) is 1. The Kier molecular flexibility index (Phi) is 3.76. The van der Waals surface area contributed by atoms with Crippen LogP contribution in [0.1, 0.15) is 19.3 Å². The largest absolute Gasteiger partial charge is 0.324 e. The third-order valence-electron chi connectivity index (χ3n) is 3.39. The van der Waals surface area contributed by atoms with E-state index in [1.54, 1.807) is 0 Å². The average molecular weight is 303 g/mol. The lowest BCUT2D eigenvalue weighted by atomic mass is 9.78. The fourth-order valence-electron chi connectivity index (χ4n) is 1.93. The predicted molar refractivity (Wildman–Crippen MR) is 69.0 cm³/mol. The highest BCUT2D eigenvalue weighted by Crippen LogP contribution is 2.29. The molecule has 1 fully saturated rings. The molecule has 1 aromatic rings. The van der Waals surface area contributed by atoms with Crippen molar-refractivity contribution in [3.63, 3.8) is 0 Å². The van der Waals surface area contributed by atoms with E-state index in [-0.39, 0.29) is 11.4 Å².